The van der Waals surface area contributed by atoms with Crippen molar-refractivity contribution in [2.24, 2.45) is 5.92 Å². The van der Waals surface area contributed by atoms with Gasteiger partial charge in [-0.25, -0.2) is 0 Å². The van der Waals surface area contributed by atoms with E-state index in [0.29, 0.717) is 36.5 Å². The largest absolute Gasteiger partial charge is 0.497 e. The normalized spacial score (nSPS) is 14.5. The molecule has 156 valence electrons. The molecule has 1 aliphatic heterocycles. The summed E-state index contributed by atoms with van der Waals surface area (Å²) in [6.07, 6.45) is 1.46. The Morgan fingerprint density at radius 1 is 1.20 bits per heavy atom. The maximum absolute atomic E-state index is 12.5. The molecule has 0 spiro atoms. The Hall–Kier alpha value is -3.06. The summed E-state index contributed by atoms with van der Waals surface area (Å²) in [4.78, 5) is 19.1. The van der Waals surface area contributed by atoms with Crippen molar-refractivity contribution in [2.45, 2.75) is 19.4 Å². The van der Waals surface area contributed by atoms with E-state index in [1.54, 1.807) is 7.11 Å². The van der Waals surface area contributed by atoms with Crippen LogP contribution < -0.4 is 15.0 Å². The van der Waals surface area contributed by atoms with E-state index in [2.05, 4.69) is 15.5 Å². The van der Waals surface area contributed by atoms with Crippen LogP contribution in [0.15, 0.2) is 53.1 Å². The molecule has 1 aliphatic rings. The molecule has 1 saturated heterocycles. The molecular weight excluding hydrogens is 404 g/mol. The predicted octanol–water partition coefficient (Wildman–Crippen LogP) is 3.93. The third-order valence-corrected chi connectivity index (χ3v) is 5.68. The van der Waals surface area contributed by atoms with Crippen LogP contribution in [0.2, 0.25) is 5.02 Å². The second-order valence-electron chi connectivity index (χ2n) is 7.20. The Kier molecular flexibility index (Phi) is 6.18. The van der Waals surface area contributed by atoms with E-state index < -0.39 is 0 Å². The lowest BCUT2D eigenvalue weighted by Gasteiger charge is -2.29. The zero-order chi connectivity index (χ0) is 20.9. The number of methoxy groups -OCH3 is 1. The van der Waals surface area contributed by atoms with Gasteiger partial charge in [0.05, 0.1) is 7.11 Å². The van der Waals surface area contributed by atoms with E-state index in [0.717, 1.165) is 29.7 Å². The van der Waals surface area contributed by atoms with Gasteiger partial charge in [-0.15, -0.1) is 0 Å². The molecule has 0 unspecified atom stereocenters. The Bertz CT molecular complexity index is 998. The standard InChI is InChI=1S/C22H23ClN4O3/c1-29-18-8-6-15(7-9-18)20-25-22(30-26-20)27-12-10-16(11-13-27)21(28)24-14-17-4-2-3-5-19(17)23/h2-9,16H,10-14H2,1H3,(H,24,28). The molecule has 7 nitrogen and oxygen atoms in total. The van der Waals surface area contributed by atoms with Crippen LogP contribution in [0.4, 0.5) is 6.01 Å². The minimum atomic E-state index is -0.0345. The quantitative estimate of drug-likeness (QED) is 0.643. The number of nitrogens with zero attached hydrogens (tertiary/aromatic N) is 3. The van der Waals surface area contributed by atoms with Crippen LogP contribution in [0.3, 0.4) is 0 Å². The van der Waals surface area contributed by atoms with Gasteiger partial charge in [-0.2, -0.15) is 4.98 Å². The number of piperidine rings is 1. The molecule has 1 amide bonds. The second-order valence-corrected chi connectivity index (χ2v) is 7.61. The first-order valence-electron chi connectivity index (χ1n) is 9.88. The minimum Gasteiger partial charge on any atom is -0.497 e. The molecule has 0 aliphatic carbocycles. The molecule has 8 heteroatoms. The number of anilines is 1. The van der Waals surface area contributed by atoms with E-state index >= 15 is 0 Å². The molecule has 0 bridgehead atoms. The number of aromatic nitrogens is 2. The third-order valence-electron chi connectivity index (χ3n) is 5.31. The Balaban J connectivity index is 1.30. The first-order chi connectivity index (χ1) is 14.6. The smallest absolute Gasteiger partial charge is 0.324 e. The lowest BCUT2D eigenvalue weighted by molar-refractivity contribution is -0.125. The summed E-state index contributed by atoms with van der Waals surface area (Å²) >= 11 is 6.15. The molecule has 3 aromatic rings. The average molecular weight is 427 g/mol. The van der Waals surface area contributed by atoms with Crippen LogP contribution in [-0.4, -0.2) is 36.2 Å². The summed E-state index contributed by atoms with van der Waals surface area (Å²) in [5, 5.41) is 7.74. The Morgan fingerprint density at radius 3 is 2.63 bits per heavy atom. The summed E-state index contributed by atoms with van der Waals surface area (Å²) in [6.45, 7) is 1.82. The average Bonchev–Trinajstić information content (AvgIpc) is 3.29. The number of carbonyl (C=O) groups excluding carboxylic acids is 1. The van der Waals surface area contributed by atoms with Gasteiger partial charge in [0.15, 0.2) is 0 Å². The monoisotopic (exact) mass is 426 g/mol. The van der Waals surface area contributed by atoms with Gasteiger partial charge in [-0.3, -0.25) is 4.79 Å². The van der Waals surface area contributed by atoms with Crippen molar-refractivity contribution in [2.75, 3.05) is 25.1 Å². The molecule has 2 aromatic carbocycles. The number of amides is 1. The SMILES string of the molecule is COc1ccc(-c2noc(N3CCC(C(=O)NCc4ccccc4Cl)CC3)n2)cc1. The van der Waals surface area contributed by atoms with E-state index in [9.17, 15) is 4.79 Å². The summed E-state index contributed by atoms with van der Waals surface area (Å²) < 4.78 is 10.6. The van der Waals surface area contributed by atoms with E-state index in [1.807, 2.05) is 53.4 Å². The van der Waals surface area contributed by atoms with Gasteiger partial charge in [0.2, 0.25) is 11.7 Å². The van der Waals surface area contributed by atoms with Gasteiger partial charge in [-0.1, -0.05) is 35.0 Å². The second kappa shape index (κ2) is 9.17. The summed E-state index contributed by atoms with van der Waals surface area (Å²) in [5.41, 5.74) is 1.78. The van der Waals surface area contributed by atoms with Crippen LogP contribution in [0, 0.1) is 5.92 Å². The molecule has 1 aromatic heterocycles. The number of hydrogen-bond donors (Lipinski definition) is 1. The zero-order valence-corrected chi connectivity index (χ0v) is 17.4. The molecular formula is C22H23ClN4O3. The van der Waals surface area contributed by atoms with Crippen molar-refractivity contribution in [3.05, 3.63) is 59.1 Å². The van der Waals surface area contributed by atoms with Crippen LogP contribution in [0.25, 0.3) is 11.4 Å². The fourth-order valence-electron chi connectivity index (χ4n) is 3.50. The van der Waals surface area contributed by atoms with Crippen molar-refractivity contribution in [1.29, 1.82) is 0 Å². The third kappa shape index (κ3) is 4.57. The van der Waals surface area contributed by atoms with Gasteiger partial charge >= 0.3 is 6.01 Å². The maximum atomic E-state index is 12.5. The first kappa shape index (κ1) is 20.2. The number of benzene rings is 2. The molecule has 2 heterocycles. The molecule has 1 N–H and O–H groups in total. The molecule has 30 heavy (non-hydrogen) atoms. The summed E-state index contributed by atoms with van der Waals surface area (Å²) in [7, 11) is 1.63. The molecule has 0 saturated carbocycles. The van der Waals surface area contributed by atoms with Gasteiger partial charge < -0.3 is 19.5 Å². The van der Waals surface area contributed by atoms with Crippen molar-refractivity contribution < 1.29 is 14.1 Å². The first-order valence-corrected chi connectivity index (χ1v) is 10.3. The molecule has 0 radical (unpaired) electrons. The van der Waals surface area contributed by atoms with Gasteiger partial charge in [0.25, 0.3) is 0 Å². The number of rotatable bonds is 6. The summed E-state index contributed by atoms with van der Waals surface area (Å²) in [6, 6.07) is 15.5. The van der Waals surface area contributed by atoms with Crippen molar-refractivity contribution in [3.8, 4) is 17.1 Å². The highest BCUT2D eigenvalue weighted by Gasteiger charge is 2.27. The lowest BCUT2D eigenvalue weighted by atomic mass is 9.96. The highest BCUT2D eigenvalue weighted by Crippen LogP contribution is 2.26. The van der Waals surface area contributed by atoms with E-state index in [-0.39, 0.29) is 11.8 Å². The number of halogens is 1. The topological polar surface area (TPSA) is 80.5 Å². The van der Waals surface area contributed by atoms with Crippen molar-refractivity contribution in [1.82, 2.24) is 15.5 Å². The van der Waals surface area contributed by atoms with Gasteiger partial charge in [0, 0.05) is 36.1 Å². The fourth-order valence-corrected chi connectivity index (χ4v) is 3.71. The van der Waals surface area contributed by atoms with Gasteiger partial charge in [0.1, 0.15) is 5.75 Å². The minimum absolute atomic E-state index is 0.0345. The van der Waals surface area contributed by atoms with Crippen LogP contribution in [0.1, 0.15) is 18.4 Å². The molecule has 4 rings (SSSR count). The van der Waals surface area contributed by atoms with E-state index in [4.69, 9.17) is 20.9 Å². The fraction of sp³-hybridized carbons (Fsp3) is 0.318. The Labute approximate surface area is 180 Å². The lowest BCUT2D eigenvalue weighted by Crippen LogP contribution is -2.40. The van der Waals surface area contributed by atoms with Crippen LogP contribution in [0.5, 0.6) is 5.75 Å². The van der Waals surface area contributed by atoms with Crippen molar-refractivity contribution in [3.63, 3.8) is 0 Å². The van der Waals surface area contributed by atoms with E-state index in [1.165, 1.54) is 0 Å². The van der Waals surface area contributed by atoms with Crippen molar-refractivity contribution >= 4 is 23.5 Å². The number of nitrogens with one attached hydrogen (secondary N) is 1. The number of ether oxygens (including phenoxy) is 1. The maximum Gasteiger partial charge on any atom is 0.324 e. The van der Waals surface area contributed by atoms with Crippen LogP contribution >= 0.6 is 11.6 Å². The molecule has 0 atom stereocenters. The number of carbonyl (C=O) groups is 1. The van der Waals surface area contributed by atoms with Gasteiger partial charge in [-0.05, 0) is 48.7 Å². The Morgan fingerprint density at radius 2 is 1.93 bits per heavy atom. The number of hydrogen-bond acceptors (Lipinski definition) is 6. The predicted molar refractivity (Wildman–Crippen MR) is 115 cm³/mol. The molecule has 1 fully saturated rings. The zero-order valence-electron chi connectivity index (χ0n) is 16.7. The van der Waals surface area contributed by atoms with Crippen LogP contribution in [-0.2, 0) is 11.3 Å². The summed E-state index contributed by atoms with van der Waals surface area (Å²) in [5.74, 6) is 1.33. The highest BCUT2D eigenvalue weighted by atomic mass is 35.5. The highest BCUT2D eigenvalue weighted by molar-refractivity contribution is 6.31.